The Labute approximate surface area is 179 Å². The standard InChI is InChI=1S/C26H20N4O/c1-2-16-4-3-5-19-24(16)23-13-21(29-26(19)31)25-28-20-11-10-18(12-22(20)30(23)25)17-8-6-15(14-27)7-9-17/h1,3-12,21,23H,13-14,27H2,(H,29,31)/t21-,23-/m1/s1. The van der Waals surface area contributed by atoms with Gasteiger partial charge >= 0.3 is 0 Å². The number of amides is 1. The van der Waals surface area contributed by atoms with Gasteiger partial charge in [-0.25, -0.2) is 4.98 Å². The minimum absolute atomic E-state index is 0.0268. The molecule has 2 atom stereocenters. The largest absolute Gasteiger partial charge is 0.342 e. The van der Waals surface area contributed by atoms with Gasteiger partial charge in [-0.05, 0) is 47.4 Å². The number of benzene rings is 3. The number of nitrogens with one attached hydrogen (secondary N) is 1. The zero-order chi connectivity index (χ0) is 21.1. The predicted molar refractivity (Wildman–Crippen MR) is 120 cm³/mol. The van der Waals surface area contributed by atoms with Gasteiger partial charge < -0.3 is 15.6 Å². The van der Waals surface area contributed by atoms with Gasteiger partial charge in [0, 0.05) is 23.2 Å². The van der Waals surface area contributed by atoms with E-state index in [4.69, 9.17) is 17.1 Å². The van der Waals surface area contributed by atoms with E-state index in [-0.39, 0.29) is 18.0 Å². The van der Waals surface area contributed by atoms with Crippen LogP contribution in [0.5, 0.6) is 0 Å². The molecular weight excluding hydrogens is 384 g/mol. The molecule has 150 valence electrons. The zero-order valence-corrected chi connectivity index (χ0v) is 16.8. The summed E-state index contributed by atoms with van der Waals surface area (Å²) in [5.74, 6) is 3.59. The monoisotopic (exact) mass is 404 g/mol. The molecule has 0 saturated carbocycles. The highest BCUT2D eigenvalue weighted by atomic mass is 16.1. The van der Waals surface area contributed by atoms with Gasteiger partial charge in [0.15, 0.2) is 0 Å². The zero-order valence-electron chi connectivity index (χ0n) is 16.8. The van der Waals surface area contributed by atoms with Crippen LogP contribution in [0, 0.1) is 12.3 Å². The number of nitrogens with zero attached hydrogens (tertiary/aromatic N) is 2. The molecule has 3 N–H and O–H groups in total. The number of carbonyl (C=O) groups excluding carboxylic acids is 1. The van der Waals surface area contributed by atoms with Crippen molar-refractivity contribution in [3.05, 3.63) is 88.7 Å². The van der Waals surface area contributed by atoms with Crippen LogP contribution in [0.25, 0.3) is 22.2 Å². The smallest absolute Gasteiger partial charge is 0.252 e. The summed E-state index contributed by atoms with van der Waals surface area (Å²) < 4.78 is 2.26. The van der Waals surface area contributed by atoms with Gasteiger partial charge in [-0.2, -0.15) is 0 Å². The molecule has 5 nitrogen and oxygen atoms in total. The summed E-state index contributed by atoms with van der Waals surface area (Å²) in [5, 5.41) is 3.15. The first-order valence-corrected chi connectivity index (χ1v) is 10.4. The van der Waals surface area contributed by atoms with E-state index < -0.39 is 0 Å². The van der Waals surface area contributed by atoms with E-state index in [0.29, 0.717) is 12.1 Å². The molecule has 2 aliphatic heterocycles. The number of hydrogen-bond donors (Lipinski definition) is 2. The summed E-state index contributed by atoms with van der Waals surface area (Å²) in [6, 6.07) is 20.1. The summed E-state index contributed by atoms with van der Waals surface area (Å²) >= 11 is 0. The Balaban J connectivity index is 1.56. The molecule has 1 amide bonds. The van der Waals surface area contributed by atoms with Crippen LogP contribution >= 0.6 is 0 Å². The number of nitrogens with two attached hydrogens (primary N) is 1. The van der Waals surface area contributed by atoms with Crippen molar-refractivity contribution in [2.24, 2.45) is 5.73 Å². The fraction of sp³-hybridized carbons (Fsp3) is 0.154. The highest BCUT2D eigenvalue weighted by molar-refractivity contribution is 5.98. The minimum Gasteiger partial charge on any atom is -0.342 e. The summed E-state index contributed by atoms with van der Waals surface area (Å²) in [4.78, 5) is 17.7. The van der Waals surface area contributed by atoms with Crippen molar-refractivity contribution in [2.45, 2.75) is 25.0 Å². The summed E-state index contributed by atoms with van der Waals surface area (Å²) in [7, 11) is 0. The molecule has 0 unspecified atom stereocenters. The fourth-order valence-corrected chi connectivity index (χ4v) is 4.99. The molecule has 0 saturated heterocycles. The number of rotatable bonds is 2. The van der Waals surface area contributed by atoms with Crippen LogP contribution in [0.4, 0.5) is 0 Å². The van der Waals surface area contributed by atoms with Crippen LogP contribution < -0.4 is 11.1 Å². The lowest BCUT2D eigenvalue weighted by Gasteiger charge is -2.19. The topological polar surface area (TPSA) is 72.9 Å². The second-order valence-electron chi connectivity index (χ2n) is 8.13. The van der Waals surface area contributed by atoms with E-state index in [1.165, 1.54) is 0 Å². The Hall–Kier alpha value is -3.88. The van der Waals surface area contributed by atoms with Gasteiger partial charge in [0.05, 0.1) is 23.1 Å². The molecule has 5 heteroatoms. The predicted octanol–water partition coefficient (Wildman–Crippen LogP) is 3.92. The minimum atomic E-state index is -0.129. The Morgan fingerprint density at radius 2 is 1.94 bits per heavy atom. The second-order valence-corrected chi connectivity index (χ2v) is 8.13. The number of carbonyl (C=O) groups is 1. The van der Waals surface area contributed by atoms with Crippen molar-refractivity contribution in [3.63, 3.8) is 0 Å². The summed E-state index contributed by atoms with van der Waals surface area (Å²) in [5.41, 5.74) is 13.4. The molecule has 2 bridgehead atoms. The first kappa shape index (κ1) is 17.9. The Bertz CT molecular complexity index is 1410. The first-order chi connectivity index (χ1) is 15.2. The molecule has 1 aromatic heterocycles. The maximum absolute atomic E-state index is 12.9. The van der Waals surface area contributed by atoms with Crippen LogP contribution in [-0.2, 0) is 6.54 Å². The van der Waals surface area contributed by atoms with Gasteiger partial charge in [0.1, 0.15) is 5.82 Å². The molecule has 3 aromatic carbocycles. The van der Waals surface area contributed by atoms with Crippen LogP contribution in [0.1, 0.15) is 51.4 Å². The molecule has 6 rings (SSSR count). The van der Waals surface area contributed by atoms with E-state index in [0.717, 1.165) is 51.1 Å². The van der Waals surface area contributed by atoms with Crippen LogP contribution in [-0.4, -0.2) is 15.5 Å². The van der Waals surface area contributed by atoms with E-state index in [1.807, 2.05) is 18.2 Å². The Kier molecular flexibility index (Phi) is 3.80. The first-order valence-electron chi connectivity index (χ1n) is 10.4. The van der Waals surface area contributed by atoms with Crippen molar-refractivity contribution < 1.29 is 4.79 Å². The molecule has 3 heterocycles. The third-order valence-corrected chi connectivity index (χ3v) is 6.47. The molecule has 31 heavy (non-hydrogen) atoms. The molecule has 2 aliphatic rings. The quantitative estimate of drug-likeness (QED) is 0.498. The van der Waals surface area contributed by atoms with Crippen molar-refractivity contribution in [3.8, 4) is 23.5 Å². The van der Waals surface area contributed by atoms with Crippen molar-refractivity contribution in [2.75, 3.05) is 0 Å². The Morgan fingerprint density at radius 1 is 1.13 bits per heavy atom. The van der Waals surface area contributed by atoms with E-state index >= 15 is 0 Å². The number of imidazole rings is 1. The summed E-state index contributed by atoms with van der Waals surface area (Å²) in [6.07, 6.45) is 6.57. The molecule has 0 fully saturated rings. The Morgan fingerprint density at radius 3 is 2.71 bits per heavy atom. The van der Waals surface area contributed by atoms with Gasteiger partial charge in [-0.15, -0.1) is 6.42 Å². The molecule has 0 aliphatic carbocycles. The number of terminal acetylenes is 1. The number of hydrogen-bond acceptors (Lipinski definition) is 3. The lowest BCUT2D eigenvalue weighted by Crippen LogP contribution is -2.28. The second kappa shape index (κ2) is 6.56. The lowest BCUT2D eigenvalue weighted by molar-refractivity contribution is 0.0938. The van der Waals surface area contributed by atoms with Gasteiger partial charge in [-0.3, -0.25) is 4.79 Å². The number of aromatic nitrogens is 2. The molecule has 0 spiro atoms. The molecule has 0 radical (unpaired) electrons. The van der Waals surface area contributed by atoms with E-state index in [1.54, 1.807) is 0 Å². The van der Waals surface area contributed by atoms with Crippen molar-refractivity contribution in [1.29, 1.82) is 0 Å². The van der Waals surface area contributed by atoms with Crippen LogP contribution in [0.2, 0.25) is 0 Å². The average molecular weight is 404 g/mol. The molecular formula is C26H20N4O. The fourth-order valence-electron chi connectivity index (χ4n) is 4.99. The maximum Gasteiger partial charge on any atom is 0.252 e. The normalized spacial score (nSPS) is 18.8. The maximum atomic E-state index is 12.9. The van der Waals surface area contributed by atoms with Crippen LogP contribution in [0.15, 0.2) is 60.7 Å². The highest BCUT2D eigenvalue weighted by Gasteiger charge is 2.41. The van der Waals surface area contributed by atoms with Gasteiger partial charge in [0.2, 0.25) is 0 Å². The lowest BCUT2D eigenvalue weighted by atomic mass is 9.93. The average Bonchev–Trinajstić information content (AvgIpc) is 3.30. The third kappa shape index (κ3) is 2.56. The highest BCUT2D eigenvalue weighted by Crippen LogP contribution is 2.45. The third-order valence-electron chi connectivity index (χ3n) is 6.47. The van der Waals surface area contributed by atoms with Gasteiger partial charge in [0.25, 0.3) is 5.91 Å². The number of fused-ring (bicyclic) bond motifs is 9. The van der Waals surface area contributed by atoms with Crippen molar-refractivity contribution in [1.82, 2.24) is 14.9 Å². The summed E-state index contributed by atoms with van der Waals surface area (Å²) in [6.45, 7) is 0.529. The van der Waals surface area contributed by atoms with Gasteiger partial charge in [-0.1, -0.05) is 42.3 Å². The molecule has 4 aromatic rings. The van der Waals surface area contributed by atoms with E-state index in [9.17, 15) is 4.79 Å². The SMILES string of the molecule is C#Cc1cccc2c1[C@H]1C[C@@H](NC2=O)c2nc3ccc(-c4ccc(CN)cc4)cc3n21. The van der Waals surface area contributed by atoms with Crippen LogP contribution in [0.3, 0.4) is 0 Å². The van der Waals surface area contributed by atoms with E-state index in [2.05, 4.69) is 58.3 Å². The van der Waals surface area contributed by atoms with Crippen molar-refractivity contribution >= 4 is 16.9 Å².